The van der Waals surface area contributed by atoms with Crippen LogP contribution in [0.1, 0.15) is 35.3 Å². The van der Waals surface area contributed by atoms with Crippen LogP contribution in [0.4, 0.5) is 0 Å². The van der Waals surface area contributed by atoms with Crippen LogP contribution in [0.3, 0.4) is 0 Å². The van der Waals surface area contributed by atoms with E-state index in [4.69, 9.17) is 5.11 Å². The smallest absolute Gasteiger partial charge is 0.335 e. The van der Waals surface area contributed by atoms with Crippen molar-refractivity contribution in [2.24, 2.45) is 11.8 Å². The molecule has 0 spiro atoms. The van der Waals surface area contributed by atoms with E-state index in [1.807, 2.05) is 13.0 Å². The lowest BCUT2D eigenvalue weighted by Gasteiger charge is -2.17. The van der Waals surface area contributed by atoms with E-state index in [-0.39, 0.29) is 0 Å². The second-order valence-corrected chi connectivity index (χ2v) is 5.60. The molecule has 0 aromatic heterocycles. The number of nitrogens with zero attached hydrogens (tertiary/aromatic N) is 1. The third kappa shape index (κ3) is 2.72. The lowest BCUT2D eigenvalue weighted by atomic mass is 10.0. The maximum absolute atomic E-state index is 10.9. The van der Waals surface area contributed by atoms with Gasteiger partial charge >= 0.3 is 5.97 Å². The summed E-state index contributed by atoms with van der Waals surface area (Å²) < 4.78 is 0. The van der Waals surface area contributed by atoms with Gasteiger partial charge in [0.15, 0.2) is 0 Å². The average Bonchev–Trinajstić information content (AvgIpc) is 2.61. The molecule has 0 saturated carbocycles. The van der Waals surface area contributed by atoms with Crippen molar-refractivity contribution in [1.29, 1.82) is 0 Å². The SMILES string of the molecule is Cc1cc(C(=O)O)ccc1CN1CC(C)C(C)C1. The summed E-state index contributed by atoms with van der Waals surface area (Å²) >= 11 is 0. The van der Waals surface area contributed by atoms with Gasteiger partial charge in [0.05, 0.1) is 5.56 Å². The van der Waals surface area contributed by atoms with Gasteiger partial charge in [-0.1, -0.05) is 19.9 Å². The van der Waals surface area contributed by atoms with Gasteiger partial charge in [-0.15, -0.1) is 0 Å². The van der Waals surface area contributed by atoms with E-state index in [1.165, 1.54) is 5.56 Å². The molecular formula is C15H21NO2. The summed E-state index contributed by atoms with van der Waals surface area (Å²) in [5.74, 6) is 0.653. The van der Waals surface area contributed by atoms with Gasteiger partial charge in [-0.2, -0.15) is 0 Å². The number of rotatable bonds is 3. The Bertz CT molecular complexity index is 446. The number of aryl methyl sites for hydroxylation is 1. The van der Waals surface area contributed by atoms with Crippen LogP contribution in [0.15, 0.2) is 18.2 Å². The number of hydrogen-bond acceptors (Lipinski definition) is 2. The summed E-state index contributed by atoms with van der Waals surface area (Å²) in [6.07, 6.45) is 0. The van der Waals surface area contributed by atoms with Crippen LogP contribution in [0.2, 0.25) is 0 Å². The number of carbonyl (C=O) groups is 1. The normalized spacial score (nSPS) is 24.4. The minimum atomic E-state index is -0.854. The summed E-state index contributed by atoms with van der Waals surface area (Å²) in [4.78, 5) is 13.3. The van der Waals surface area contributed by atoms with E-state index in [0.29, 0.717) is 5.56 Å². The third-order valence-electron chi connectivity index (χ3n) is 4.05. The van der Waals surface area contributed by atoms with E-state index in [1.54, 1.807) is 12.1 Å². The Morgan fingerprint density at radius 3 is 2.44 bits per heavy atom. The number of likely N-dealkylation sites (tertiary alicyclic amines) is 1. The van der Waals surface area contributed by atoms with Crippen LogP contribution in [0.5, 0.6) is 0 Å². The molecule has 3 heteroatoms. The number of carboxylic acids is 1. The van der Waals surface area contributed by atoms with Crippen molar-refractivity contribution < 1.29 is 9.90 Å². The second kappa shape index (κ2) is 5.11. The lowest BCUT2D eigenvalue weighted by Crippen LogP contribution is -2.20. The molecule has 1 aromatic carbocycles. The van der Waals surface area contributed by atoms with Gasteiger partial charge in [0, 0.05) is 19.6 Å². The Morgan fingerprint density at radius 2 is 1.94 bits per heavy atom. The lowest BCUT2D eigenvalue weighted by molar-refractivity contribution is 0.0696. The molecule has 0 radical (unpaired) electrons. The van der Waals surface area contributed by atoms with Crippen LogP contribution in [-0.4, -0.2) is 29.1 Å². The van der Waals surface area contributed by atoms with Crippen LogP contribution in [0.25, 0.3) is 0 Å². The molecule has 98 valence electrons. The Kier molecular flexibility index (Phi) is 3.71. The van der Waals surface area contributed by atoms with Crippen molar-refractivity contribution in [2.75, 3.05) is 13.1 Å². The maximum atomic E-state index is 10.9. The molecule has 0 amide bonds. The molecule has 1 aliphatic rings. The van der Waals surface area contributed by atoms with Gasteiger partial charge < -0.3 is 5.11 Å². The van der Waals surface area contributed by atoms with Crippen molar-refractivity contribution in [3.05, 3.63) is 34.9 Å². The van der Waals surface area contributed by atoms with E-state index >= 15 is 0 Å². The zero-order chi connectivity index (χ0) is 13.3. The average molecular weight is 247 g/mol. The summed E-state index contributed by atoms with van der Waals surface area (Å²) in [7, 11) is 0. The Balaban J connectivity index is 2.08. The highest BCUT2D eigenvalue weighted by atomic mass is 16.4. The highest BCUT2D eigenvalue weighted by Gasteiger charge is 2.26. The fourth-order valence-corrected chi connectivity index (χ4v) is 2.63. The predicted molar refractivity (Wildman–Crippen MR) is 71.7 cm³/mol. The van der Waals surface area contributed by atoms with Gasteiger partial charge in [-0.05, 0) is 42.0 Å². The van der Waals surface area contributed by atoms with Crippen molar-refractivity contribution in [2.45, 2.75) is 27.3 Å². The molecular weight excluding hydrogens is 226 g/mol. The predicted octanol–water partition coefficient (Wildman–Crippen LogP) is 2.78. The molecule has 2 rings (SSSR count). The highest BCUT2D eigenvalue weighted by Crippen LogP contribution is 2.24. The largest absolute Gasteiger partial charge is 0.478 e. The van der Waals surface area contributed by atoms with E-state index in [2.05, 4.69) is 18.7 Å². The Morgan fingerprint density at radius 1 is 1.33 bits per heavy atom. The van der Waals surface area contributed by atoms with Gasteiger partial charge in [0.25, 0.3) is 0 Å². The zero-order valence-electron chi connectivity index (χ0n) is 11.3. The zero-order valence-corrected chi connectivity index (χ0v) is 11.3. The first-order chi connectivity index (χ1) is 8.47. The topological polar surface area (TPSA) is 40.5 Å². The molecule has 2 unspecified atom stereocenters. The summed E-state index contributed by atoms with van der Waals surface area (Å²) in [6, 6.07) is 5.42. The Hall–Kier alpha value is -1.35. The number of hydrogen-bond donors (Lipinski definition) is 1. The van der Waals surface area contributed by atoms with Gasteiger partial charge in [-0.25, -0.2) is 4.79 Å². The standard InChI is InChI=1S/C15H21NO2/c1-10-6-13(15(17)18)4-5-14(10)9-16-7-11(2)12(3)8-16/h4-6,11-12H,7-9H2,1-3H3,(H,17,18). The fraction of sp³-hybridized carbons (Fsp3) is 0.533. The quantitative estimate of drug-likeness (QED) is 0.893. The minimum absolute atomic E-state index is 0.374. The van der Waals surface area contributed by atoms with Crippen LogP contribution in [0, 0.1) is 18.8 Å². The number of benzene rings is 1. The Labute approximate surface area is 108 Å². The molecule has 2 atom stereocenters. The monoisotopic (exact) mass is 247 g/mol. The fourth-order valence-electron chi connectivity index (χ4n) is 2.63. The third-order valence-corrected chi connectivity index (χ3v) is 4.05. The van der Waals surface area contributed by atoms with Crippen LogP contribution < -0.4 is 0 Å². The number of carboxylic acid groups (broad SMARTS) is 1. The van der Waals surface area contributed by atoms with E-state index in [0.717, 1.165) is 37.0 Å². The first kappa shape index (κ1) is 13.1. The molecule has 1 heterocycles. The van der Waals surface area contributed by atoms with Gasteiger partial charge in [0.2, 0.25) is 0 Å². The molecule has 3 nitrogen and oxygen atoms in total. The van der Waals surface area contributed by atoms with Crippen molar-refractivity contribution >= 4 is 5.97 Å². The first-order valence-corrected chi connectivity index (χ1v) is 6.52. The minimum Gasteiger partial charge on any atom is -0.478 e. The van der Waals surface area contributed by atoms with Gasteiger partial charge in [-0.3, -0.25) is 4.90 Å². The first-order valence-electron chi connectivity index (χ1n) is 6.52. The molecule has 1 N–H and O–H groups in total. The summed E-state index contributed by atoms with van der Waals surface area (Å²) in [5, 5.41) is 8.94. The van der Waals surface area contributed by atoms with Crippen molar-refractivity contribution in [3.63, 3.8) is 0 Å². The molecule has 1 aromatic rings. The number of aromatic carboxylic acids is 1. The molecule has 1 aliphatic heterocycles. The second-order valence-electron chi connectivity index (χ2n) is 5.60. The molecule has 18 heavy (non-hydrogen) atoms. The van der Waals surface area contributed by atoms with Crippen molar-refractivity contribution in [1.82, 2.24) is 4.90 Å². The maximum Gasteiger partial charge on any atom is 0.335 e. The van der Waals surface area contributed by atoms with Gasteiger partial charge in [0.1, 0.15) is 0 Å². The highest BCUT2D eigenvalue weighted by molar-refractivity contribution is 5.87. The summed E-state index contributed by atoms with van der Waals surface area (Å²) in [6.45, 7) is 9.80. The van der Waals surface area contributed by atoms with Crippen LogP contribution in [-0.2, 0) is 6.54 Å². The molecule has 0 aliphatic carbocycles. The van der Waals surface area contributed by atoms with Crippen LogP contribution >= 0.6 is 0 Å². The molecule has 0 bridgehead atoms. The summed E-state index contributed by atoms with van der Waals surface area (Å²) in [5.41, 5.74) is 2.68. The van der Waals surface area contributed by atoms with Crippen molar-refractivity contribution in [3.8, 4) is 0 Å². The molecule has 1 fully saturated rings. The van der Waals surface area contributed by atoms with E-state index < -0.39 is 5.97 Å². The van der Waals surface area contributed by atoms with E-state index in [9.17, 15) is 4.79 Å². The molecule has 1 saturated heterocycles.